The fourth-order valence-electron chi connectivity index (χ4n) is 8.17. The van der Waals surface area contributed by atoms with Gasteiger partial charge in [-0.3, -0.25) is 24.3 Å². The van der Waals surface area contributed by atoms with Crippen LogP contribution in [0.1, 0.15) is 38.7 Å². The van der Waals surface area contributed by atoms with Gasteiger partial charge in [-0.05, 0) is 30.0 Å². The van der Waals surface area contributed by atoms with Crippen LogP contribution < -0.4 is 20.9 Å². The number of nitriles is 1. The molecule has 3 aliphatic rings. The Hall–Kier alpha value is -5.42. The Morgan fingerprint density at radius 3 is 2.48 bits per heavy atom. The molecule has 3 saturated heterocycles. The first-order chi connectivity index (χ1) is 30.2. The number of likely N-dealkylation sites (N-methyl/N-ethyl adjacent to an activating group) is 1. The highest BCUT2D eigenvalue weighted by Crippen LogP contribution is 2.35. The third kappa shape index (κ3) is 10.2. The third-order valence-electron chi connectivity index (χ3n) is 11.7. The van der Waals surface area contributed by atoms with Crippen LogP contribution in [0.3, 0.4) is 0 Å². The minimum Gasteiger partial charge on any atom is -0.393 e. The molecule has 7 N–H and O–H groups in total. The van der Waals surface area contributed by atoms with Crippen molar-refractivity contribution in [3.05, 3.63) is 42.5 Å². The topological polar surface area (TPSA) is 305 Å². The molecule has 3 fully saturated rings. The van der Waals surface area contributed by atoms with E-state index in [-0.39, 0.29) is 43.1 Å². The van der Waals surface area contributed by atoms with Crippen molar-refractivity contribution in [3.8, 4) is 6.07 Å². The summed E-state index contributed by atoms with van der Waals surface area (Å²) in [5, 5.41) is 59.9. The van der Waals surface area contributed by atoms with E-state index < -0.39 is 85.8 Å². The largest absolute Gasteiger partial charge is 0.393 e. The molecule has 4 amide bonds. The fourth-order valence-corrected chi connectivity index (χ4v) is 8.17. The summed E-state index contributed by atoms with van der Waals surface area (Å²) in [4.78, 5) is 68.5. The first-order valence-electron chi connectivity index (χ1n) is 20.3. The average molecular weight is 883 g/mol. The van der Waals surface area contributed by atoms with Crippen LogP contribution in [-0.2, 0) is 44.6 Å². The van der Waals surface area contributed by atoms with E-state index in [4.69, 9.17) is 28.9 Å². The van der Waals surface area contributed by atoms with Gasteiger partial charge in [0.15, 0.2) is 24.3 Å². The number of methoxy groups -OCH3 is 2. The van der Waals surface area contributed by atoms with E-state index in [0.717, 1.165) is 6.42 Å². The molecular formula is C40H54N10O13. The molecule has 0 bridgehead atoms. The zero-order valence-corrected chi connectivity index (χ0v) is 35.5. The predicted molar refractivity (Wildman–Crippen MR) is 218 cm³/mol. The van der Waals surface area contributed by atoms with Crippen LogP contribution in [0, 0.1) is 17.2 Å². The van der Waals surface area contributed by atoms with Crippen LogP contribution in [-0.4, -0.2) is 177 Å². The van der Waals surface area contributed by atoms with E-state index >= 15 is 0 Å². The highest BCUT2D eigenvalue weighted by atomic mass is 16.7. The van der Waals surface area contributed by atoms with Gasteiger partial charge in [-0.25, -0.2) is 19.7 Å². The van der Waals surface area contributed by atoms with Crippen molar-refractivity contribution in [1.82, 2.24) is 35.1 Å². The van der Waals surface area contributed by atoms with Gasteiger partial charge in [0, 0.05) is 66.6 Å². The van der Waals surface area contributed by atoms with E-state index in [9.17, 15) is 39.6 Å². The van der Waals surface area contributed by atoms with Gasteiger partial charge in [-0.1, -0.05) is 13.0 Å². The van der Waals surface area contributed by atoms with Crippen molar-refractivity contribution in [2.24, 2.45) is 5.92 Å². The predicted octanol–water partition coefficient (Wildman–Crippen LogP) is -1.42. The number of pyridine rings is 1. The molecule has 0 aliphatic carbocycles. The van der Waals surface area contributed by atoms with Gasteiger partial charge in [0.2, 0.25) is 11.8 Å². The molecule has 6 rings (SSSR count). The number of amides is 4. The lowest BCUT2D eigenvalue weighted by Crippen LogP contribution is -2.67. The molecule has 3 aliphatic heterocycles. The number of aromatic nitrogens is 4. The van der Waals surface area contributed by atoms with Crippen molar-refractivity contribution in [2.45, 2.75) is 100 Å². The number of carbonyl (C=O) groups excluding carboxylic acids is 4. The van der Waals surface area contributed by atoms with E-state index in [1.807, 2.05) is 18.0 Å². The minimum absolute atomic E-state index is 0.0740. The number of aliphatic hydroxyl groups is 4. The second kappa shape index (κ2) is 20.4. The van der Waals surface area contributed by atoms with Gasteiger partial charge in [0.1, 0.15) is 54.3 Å². The number of fused-ring (bicyclic) bond motifs is 1. The number of nitrogens with one attached hydrogen (secondary N) is 3. The summed E-state index contributed by atoms with van der Waals surface area (Å²) in [7, 11) is 4.39. The maximum Gasteiger partial charge on any atom is 0.332 e. The van der Waals surface area contributed by atoms with Crippen molar-refractivity contribution < 1.29 is 63.3 Å². The number of piperidine rings is 1. The average Bonchev–Trinajstić information content (AvgIpc) is 3.73. The summed E-state index contributed by atoms with van der Waals surface area (Å²) in [6.07, 6.45) is -5.52. The second-order valence-electron chi connectivity index (χ2n) is 15.9. The van der Waals surface area contributed by atoms with Crippen LogP contribution in [0.15, 0.2) is 36.9 Å². The van der Waals surface area contributed by atoms with E-state index in [1.54, 1.807) is 23.2 Å². The number of carbonyl (C=O) groups is 4. The zero-order valence-electron chi connectivity index (χ0n) is 35.5. The number of hydrogen-bond acceptors (Lipinski definition) is 18. The van der Waals surface area contributed by atoms with Gasteiger partial charge in [-0.15, -0.1) is 0 Å². The van der Waals surface area contributed by atoms with Crippen LogP contribution in [0.5, 0.6) is 0 Å². The van der Waals surface area contributed by atoms with Gasteiger partial charge in [-0.2, -0.15) is 5.26 Å². The number of ether oxygens (including phenoxy) is 5. The minimum atomic E-state index is -1.74. The Morgan fingerprint density at radius 2 is 1.83 bits per heavy atom. The van der Waals surface area contributed by atoms with Gasteiger partial charge in [0.05, 0.1) is 36.8 Å². The Labute approximate surface area is 362 Å². The standard InChI is InChI=1S/C40H54N10O13/c1-21-9-12-49(28(54)8-11-41)17-25(21)48(3)34-24-10-13-50(35(24)45-20-44-34)39(58)47-27-7-6-23(15-42-27)16-43-36(57)33-32(59-4)30(55)31(56)38(62-33)61-26-14-40(18-51,19-52)63-37(60-5)29(26)46-22(2)53/h6-7,10,13,15,20-21,25-26,29-33,37-38,51-52,55-56H,8-9,12,14,16-19H2,1-5H3,(H,43,57)(H,46,53)(H,42,47,58)/t21-,25+,26?,29?,30?,31?,32+,33?,37-,38-/m1/s1. The first-order valence-corrected chi connectivity index (χ1v) is 20.3. The molecule has 3 aromatic heterocycles. The lowest BCUT2D eigenvalue weighted by molar-refractivity contribution is -0.336. The van der Waals surface area contributed by atoms with Crippen LogP contribution in [0.25, 0.3) is 11.0 Å². The van der Waals surface area contributed by atoms with Crippen molar-refractivity contribution >= 4 is 46.4 Å². The maximum atomic E-state index is 13.6. The molecule has 23 nitrogen and oxygen atoms in total. The maximum absolute atomic E-state index is 13.6. The summed E-state index contributed by atoms with van der Waals surface area (Å²) in [5.74, 6) is -0.448. The van der Waals surface area contributed by atoms with Crippen molar-refractivity contribution in [2.75, 3.05) is 57.8 Å². The molecule has 0 saturated carbocycles. The second-order valence-corrected chi connectivity index (χ2v) is 15.9. The molecule has 0 aromatic carbocycles. The van der Waals surface area contributed by atoms with E-state index in [0.29, 0.717) is 35.5 Å². The Kier molecular flexibility index (Phi) is 15.2. The van der Waals surface area contributed by atoms with Crippen LogP contribution in [0.2, 0.25) is 0 Å². The lowest BCUT2D eigenvalue weighted by Gasteiger charge is -2.48. The normalized spacial score (nSPS) is 28.2. The number of nitrogens with zero attached hydrogens (tertiary/aromatic N) is 7. The fraction of sp³-hybridized carbons (Fsp3) is 0.600. The van der Waals surface area contributed by atoms with Crippen LogP contribution in [0.4, 0.5) is 16.4 Å². The Balaban J connectivity index is 1.09. The summed E-state index contributed by atoms with van der Waals surface area (Å²) < 4.78 is 29.8. The summed E-state index contributed by atoms with van der Waals surface area (Å²) in [6.45, 7) is 2.97. The lowest BCUT2D eigenvalue weighted by atomic mass is 9.89. The van der Waals surface area contributed by atoms with Gasteiger partial charge in [0.25, 0.3) is 5.91 Å². The highest BCUT2D eigenvalue weighted by Gasteiger charge is 2.53. The number of likely N-dealkylation sites (tertiary alicyclic amines) is 1. The molecule has 63 heavy (non-hydrogen) atoms. The molecule has 342 valence electrons. The quantitative estimate of drug-likeness (QED) is 0.0977. The first kappa shape index (κ1) is 47.1. The molecule has 3 aromatic rings. The summed E-state index contributed by atoms with van der Waals surface area (Å²) in [5.41, 5.74) is -0.699. The third-order valence-corrected chi connectivity index (χ3v) is 11.7. The molecular weight excluding hydrogens is 828 g/mol. The SMILES string of the molecule is CO[C@@H]1OC(CO)(CO)CC(O[C@@H]2OC(C(=O)NCc3ccc(NC(=O)n4ccc5c(N(C)[C@H]6CN(C(=O)CC#N)CC[C@H]6C)ncnc54)nc3)[C@@H](OC)C(O)C2O)C1NC(C)=O. The number of hydrogen-bond donors (Lipinski definition) is 7. The molecule has 5 unspecified atom stereocenters. The van der Waals surface area contributed by atoms with E-state index in [1.165, 1.54) is 44.3 Å². The van der Waals surface area contributed by atoms with Crippen molar-refractivity contribution in [3.63, 3.8) is 0 Å². The monoisotopic (exact) mass is 882 g/mol. The highest BCUT2D eigenvalue weighted by molar-refractivity contribution is 5.99. The van der Waals surface area contributed by atoms with Crippen LogP contribution >= 0.6 is 0 Å². The molecule has 23 heteroatoms. The molecule has 0 radical (unpaired) electrons. The number of anilines is 2. The molecule has 0 spiro atoms. The number of rotatable bonds is 14. The molecule has 10 atom stereocenters. The van der Waals surface area contributed by atoms with Gasteiger partial charge < -0.3 is 64.5 Å². The Bertz CT molecular complexity index is 2130. The van der Waals surface area contributed by atoms with Crippen molar-refractivity contribution in [1.29, 1.82) is 5.26 Å². The smallest absolute Gasteiger partial charge is 0.332 e. The number of aliphatic hydroxyl groups excluding tert-OH is 4. The Morgan fingerprint density at radius 1 is 1.06 bits per heavy atom. The summed E-state index contributed by atoms with van der Waals surface area (Å²) in [6, 6.07) is 5.15. The van der Waals surface area contributed by atoms with E-state index in [2.05, 4.69) is 37.8 Å². The molecule has 6 heterocycles. The zero-order chi connectivity index (χ0) is 45.6. The van der Waals surface area contributed by atoms with Gasteiger partial charge >= 0.3 is 6.03 Å². The summed E-state index contributed by atoms with van der Waals surface area (Å²) >= 11 is 0.